The van der Waals surface area contributed by atoms with Gasteiger partial charge in [0.15, 0.2) is 6.04 Å². The van der Waals surface area contributed by atoms with Crippen molar-refractivity contribution in [3.8, 4) is 0 Å². The molecule has 2 aromatic rings. The number of aryl methyl sites for hydroxylation is 1. The molecule has 1 aliphatic heterocycles. The summed E-state index contributed by atoms with van der Waals surface area (Å²) in [7, 11) is 0. The molecule has 0 spiro atoms. The SMILES string of the molecule is CCCCCCCCCc1ccc2ccccc2c1C(N1CCC(=O)N1)C(F)(F)F. The number of benzene rings is 2. The van der Waals surface area contributed by atoms with Crippen molar-refractivity contribution < 1.29 is 18.0 Å². The number of fused-ring (bicyclic) bond motifs is 1. The van der Waals surface area contributed by atoms with Gasteiger partial charge in [-0.05, 0) is 34.7 Å². The number of unbranched alkanes of at least 4 members (excludes halogenated alkanes) is 6. The Labute approximate surface area is 176 Å². The van der Waals surface area contributed by atoms with Gasteiger partial charge in [-0.15, -0.1) is 0 Å². The second-order valence-electron chi connectivity index (χ2n) is 8.15. The van der Waals surface area contributed by atoms with Crippen LogP contribution in [0.25, 0.3) is 10.8 Å². The maximum atomic E-state index is 14.3. The Hall–Kier alpha value is -2.08. The van der Waals surface area contributed by atoms with Gasteiger partial charge in [0.1, 0.15) is 0 Å². The zero-order chi connectivity index (χ0) is 21.6. The minimum absolute atomic E-state index is 0.0586. The van der Waals surface area contributed by atoms with Crippen molar-refractivity contribution in [3.63, 3.8) is 0 Å². The van der Waals surface area contributed by atoms with E-state index >= 15 is 0 Å². The van der Waals surface area contributed by atoms with Gasteiger partial charge in [0, 0.05) is 13.0 Å². The summed E-state index contributed by atoms with van der Waals surface area (Å²) >= 11 is 0. The van der Waals surface area contributed by atoms with E-state index in [2.05, 4.69) is 12.3 Å². The highest BCUT2D eigenvalue weighted by Crippen LogP contribution is 2.42. The quantitative estimate of drug-likeness (QED) is 0.447. The molecule has 1 amide bonds. The number of halogens is 3. The normalized spacial score (nSPS) is 16.2. The van der Waals surface area contributed by atoms with Gasteiger partial charge < -0.3 is 0 Å². The van der Waals surface area contributed by atoms with Crippen molar-refractivity contribution in [2.24, 2.45) is 0 Å². The van der Waals surface area contributed by atoms with E-state index in [9.17, 15) is 18.0 Å². The van der Waals surface area contributed by atoms with Gasteiger partial charge in [0.05, 0.1) is 0 Å². The summed E-state index contributed by atoms with van der Waals surface area (Å²) < 4.78 is 42.8. The summed E-state index contributed by atoms with van der Waals surface area (Å²) in [6.07, 6.45) is 4.07. The van der Waals surface area contributed by atoms with Crippen molar-refractivity contribution in [3.05, 3.63) is 47.5 Å². The Morgan fingerprint density at radius 2 is 1.70 bits per heavy atom. The zero-order valence-electron chi connectivity index (χ0n) is 17.6. The second kappa shape index (κ2) is 10.3. The molecule has 0 aromatic heterocycles. The monoisotopic (exact) mass is 420 g/mol. The minimum Gasteiger partial charge on any atom is -0.288 e. The summed E-state index contributed by atoms with van der Waals surface area (Å²) in [5.74, 6) is -0.363. The third-order valence-corrected chi connectivity index (χ3v) is 5.85. The third-order valence-electron chi connectivity index (χ3n) is 5.85. The molecule has 6 heteroatoms. The molecule has 30 heavy (non-hydrogen) atoms. The Kier molecular flexibility index (Phi) is 7.75. The second-order valence-corrected chi connectivity index (χ2v) is 8.15. The van der Waals surface area contributed by atoms with Crippen LogP contribution in [0, 0.1) is 0 Å². The molecule has 1 fully saturated rings. The summed E-state index contributed by atoms with van der Waals surface area (Å²) in [5.41, 5.74) is 3.43. The number of hydrogen-bond acceptors (Lipinski definition) is 2. The highest BCUT2D eigenvalue weighted by Gasteiger charge is 2.48. The van der Waals surface area contributed by atoms with Gasteiger partial charge >= 0.3 is 6.18 Å². The Morgan fingerprint density at radius 3 is 2.37 bits per heavy atom. The molecule has 0 bridgehead atoms. The highest BCUT2D eigenvalue weighted by atomic mass is 19.4. The zero-order valence-corrected chi connectivity index (χ0v) is 17.6. The summed E-state index contributed by atoms with van der Waals surface area (Å²) in [6, 6.07) is 9.12. The van der Waals surface area contributed by atoms with E-state index in [0.29, 0.717) is 11.8 Å². The van der Waals surface area contributed by atoms with E-state index < -0.39 is 12.2 Å². The Morgan fingerprint density at radius 1 is 1.00 bits per heavy atom. The molecule has 1 heterocycles. The lowest BCUT2D eigenvalue weighted by molar-refractivity contribution is -0.190. The van der Waals surface area contributed by atoms with Crippen LogP contribution < -0.4 is 5.43 Å². The topological polar surface area (TPSA) is 32.3 Å². The molecule has 1 saturated heterocycles. The lowest BCUT2D eigenvalue weighted by atomic mass is 9.90. The van der Waals surface area contributed by atoms with E-state index in [0.717, 1.165) is 35.2 Å². The molecule has 1 atom stereocenters. The first-order valence-electron chi connectivity index (χ1n) is 11.0. The van der Waals surface area contributed by atoms with Crippen molar-refractivity contribution in [2.75, 3.05) is 6.54 Å². The molecule has 3 nitrogen and oxygen atoms in total. The number of hydrogen-bond donors (Lipinski definition) is 1. The first kappa shape index (κ1) is 22.6. The summed E-state index contributed by atoms with van der Waals surface area (Å²) in [4.78, 5) is 11.7. The van der Waals surface area contributed by atoms with Gasteiger partial charge in [0.2, 0.25) is 5.91 Å². The molecule has 1 unspecified atom stereocenters. The lowest BCUT2D eigenvalue weighted by Gasteiger charge is -2.32. The van der Waals surface area contributed by atoms with Crippen LogP contribution >= 0.6 is 0 Å². The Bertz CT molecular complexity index is 850. The van der Waals surface area contributed by atoms with E-state index in [1.807, 2.05) is 24.3 Å². The molecule has 1 N–H and O–H groups in total. The molecule has 0 aliphatic carbocycles. The Balaban J connectivity index is 1.88. The first-order chi connectivity index (χ1) is 14.4. The predicted molar refractivity (Wildman–Crippen MR) is 114 cm³/mol. The van der Waals surface area contributed by atoms with E-state index in [-0.39, 0.29) is 24.4 Å². The molecular weight excluding hydrogens is 389 g/mol. The number of hydrazine groups is 1. The first-order valence-corrected chi connectivity index (χ1v) is 11.0. The van der Waals surface area contributed by atoms with Gasteiger partial charge in [-0.1, -0.05) is 81.8 Å². The average Bonchev–Trinajstić information content (AvgIpc) is 3.13. The molecule has 2 aromatic carbocycles. The maximum absolute atomic E-state index is 14.3. The summed E-state index contributed by atoms with van der Waals surface area (Å²) in [5, 5.41) is 2.47. The van der Waals surface area contributed by atoms with Crippen LogP contribution in [-0.2, 0) is 11.2 Å². The number of nitrogens with one attached hydrogen (secondary N) is 1. The number of alkyl halides is 3. The molecule has 1 aliphatic rings. The molecule has 164 valence electrons. The van der Waals surface area contributed by atoms with Crippen molar-refractivity contribution in [1.29, 1.82) is 0 Å². The third kappa shape index (κ3) is 5.54. The highest BCUT2D eigenvalue weighted by molar-refractivity contribution is 5.87. The van der Waals surface area contributed by atoms with Crippen LogP contribution in [0.5, 0.6) is 0 Å². The van der Waals surface area contributed by atoms with Crippen molar-refractivity contribution in [1.82, 2.24) is 10.4 Å². The smallest absolute Gasteiger partial charge is 0.288 e. The number of nitrogens with zero attached hydrogens (tertiary/aromatic N) is 1. The molecule has 3 rings (SSSR count). The van der Waals surface area contributed by atoms with Crippen LogP contribution in [0.1, 0.15) is 75.5 Å². The minimum atomic E-state index is -4.49. The molecule has 0 radical (unpaired) electrons. The molecular formula is C24H31F3N2O. The van der Waals surface area contributed by atoms with Gasteiger partial charge in [-0.2, -0.15) is 13.2 Å². The van der Waals surface area contributed by atoms with Gasteiger partial charge in [-0.3, -0.25) is 10.2 Å². The fourth-order valence-electron chi connectivity index (χ4n) is 4.34. The van der Waals surface area contributed by atoms with Crippen molar-refractivity contribution >= 4 is 16.7 Å². The van der Waals surface area contributed by atoms with E-state index in [1.54, 1.807) is 12.1 Å². The number of carbonyl (C=O) groups excluding carboxylic acids is 1. The summed E-state index contributed by atoms with van der Waals surface area (Å²) in [6.45, 7) is 2.24. The number of rotatable bonds is 10. The lowest BCUT2D eigenvalue weighted by Crippen LogP contribution is -2.44. The van der Waals surface area contributed by atoms with Crippen LogP contribution in [0.2, 0.25) is 0 Å². The number of carbonyl (C=O) groups is 1. The fraction of sp³-hybridized carbons (Fsp3) is 0.542. The van der Waals surface area contributed by atoms with Crippen LogP contribution in [0.4, 0.5) is 13.2 Å². The van der Waals surface area contributed by atoms with Gasteiger partial charge in [0.25, 0.3) is 0 Å². The predicted octanol–water partition coefficient (Wildman–Crippen LogP) is 6.47. The van der Waals surface area contributed by atoms with E-state index in [4.69, 9.17) is 0 Å². The van der Waals surface area contributed by atoms with Crippen LogP contribution in [-0.4, -0.2) is 23.6 Å². The largest absolute Gasteiger partial charge is 0.409 e. The van der Waals surface area contributed by atoms with Crippen LogP contribution in [0.3, 0.4) is 0 Å². The standard InChI is InChI=1S/C24H31F3N2O/c1-2-3-4-5-6-7-8-12-19-15-14-18-11-9-10-13-20(18)22(19)23(24(25,26)27)29-17-16-21(30)28-29/h9-11,13-15,23H,2-8,12,16-17H2,1H3,(H,28,30). The van der Waals surface area contributed by atoms with E-state index in [1.165, 1.54) is 25.7 Å². The average molecular weight is 421 g/mol. The van der Waals surface area contributed by atoms with Gasteiger partial charge in [-0.25, -0.2) is 5.01 Å². The molecule has 0 saturated carbocycles. The van der Waals surface area contributed by atoms with Crippen LogP contribution in [0.15, 0.2) is 36.4 Å². The maximum Gasteiger partial charge on any atom is 0.409 e. The number of amides is 1. The fourth-order valence-corrected chi connectivity index (χ4v) is 4.34. The van der Waals surface area contributed by atoms with Crippen molar-refractivity contribution in [2.45, 2.75) is 76.9 Å².